The first-order valence-electron chi connectivity index (χ1n) is 5.29. The van der Waals surface area contributed by atoms with Gasteiger partial charge in [0, 0.05) is 12.8 Å². The lowest BCUT2D eigenvalue weighted by atomic mass is 10.0. The maximum atomic E-state index is 8.74. The van der Waals surface area contributed by atoms with Gasteiger partial charge in [-0.1, -0.05) is 0 Å². The monoisotopic (exact) mass is 289 g/mol. The highest BCUT2D eigenvalue weighted by molar-refractivity contribution is 7.79. The summed E-state index contributed by atoms with van der Waals surface area (Å²) in [5.41, 5.74) is 2.41. The Morgan fingerprint density at radius 3 is 2.21 bits per heavy atom. The van der Waals surface area contributed by atoms with Crippen molar-refractivity contribution < 1.29 is 27.0 Å². The maximum absolute atomic E-state index is 8.74. The van der Waals surface area contributed by atoms with Gasteiger partial charge < -0.3 is 9.47 Å². The lowest BCUT2D eigenvalue weighted by molar-refractivity contribution is 0.354. The Morgan fingerprint density at radius 2 is 1.68 bits per heavy atom. The first-order valence-corrected chi connectivity index (χ1v) is 6.69. The number of nitrogens with zero attached hydrogens (tertiary/aromatic N) is 1. The van der Waals surface area contributed by atoms with Crippen LogP contribution in [-0.2, 0) is 16.8 Å². The first-order chi connectivity index (χ1) is 8.85. The molecule has 0 amide bonds. The molecular weight excluding hydrogens is 274 g/mol. The van der Waals surface area contributed by atoms with Crippen LogP contribution in [0, 0.1) is 0 Å². The van der Waals surface area contributed by atoms with Crippen molar-refractivity contribution in [1.29, 1.82) is 0 Å². The van der Waals surface area contributed by atoms with Crippen LogP contribution >= 0.6 is 0 Å². The van der Waals surface area contributed by atoms with Crippen LogP contribution in [0.5, 0.6) is 11.5 Å². The summed E-state index contributed by atoms with van der Waals surface area (Å²) in [4.78, 5) is 4.23. The third kappa shape index (κ3) is 5.25. The lowest BCUT2D eigenvalue weighted by Crippen LogP contribution is -2.04. The van der Waals surface area contributed by atoms with Crippen molar-refractivity contribution >= 4 is 16.6 Å². The van der Waals surface area contributed by atoms with Crippen molar-refractivity contribution in [2.75, 3.05) is 20.8 Å². The number of aliphatic imine (C=N–C) groups is 1. The van der Waals surface area contributed by atoms with Gasteiger partial charge in [-0.15, -0.1) is 0 Å². The summed E-state index contributed by atoms with van der Waals surface area (Å²) in [6, 6.07) is 4.00. The predicted molar refractivity (Wildman–Crippen MR) is 69.9 cm³/mol. The van der Waals surface area contributed by atoms with Gasteiger partial charge in [-0.3, -0.25) is 14.1 Å². The second-order valence-electron chi connectivity index (χ2n) is 3.64. The normalized spacial score (nSPS) is 13.1. The zero-order valence-corrected chi connectivity index (χ0v) is 11.3. The van der Waals surface area contributed by atoms with E-state index in [0.29, 0.717) is 0 Å². The van der Waals surface area contributed by atoms with E-state index in [1.165, 1.54) is 5.56 Å². The molecule has 1 heterocycles. The number of fused-ring (bicyclic) bond motifs is 1. The second kappa shape index (κ2) is 6.50. The zero-order chi connectivity index (χ0) is 14.5. The van der Waals surface area contributed by atoms with Gasteiger partial charge in [-0.05, 0) is 29.7 Å². The van der Waals surface area contributed by atoms with Gasteiger partial charge >= 0.3 is 10.4 Å². The lowest BCUT2D eigenvalue weighted by Gasteiger charge is -2.14. The van der Waals surface area contributed by atoms with Crippen LogP contribution in [0.1, 0.15) is 11.1 Å². The Balaban J connectivity index is 0.000000312. The number of benzene rings is 1. The molecule has 0 saturated carbocycles. The molecule has 0 fully saturated rings. The van der Waals surface area contributed by atoms with E-state index in [9.17, 15) is 0 Å². The molecule has 7 nitrogen and oxygen atoms in total. The molecule has 1 aromatic carbocycles. The van der Waals surface area contributed by atoms with E-state index in [1.54, 1.807) is 14.2 Å². The Bertz CT molecular complexity index is 559. The largest absolute Gasteiger partial charge is 0.493 e. The van der Waals surface area contributed by atoms with E-state index in [-0.39, 0.29) is 0 Å². The molecule has 0 unspecified atom stereocenters. The molecule has 0 spiro atoms. The number of hydrogen-bond donors (Lipinski definition) is 2. The summed E-state index contributed by atoms with van der Waals surface area (Å²) in [6.45, 7) is 0.864. The van der Waals surface area contributed by atoms with Gasteiger partial charge in [0.15, 0.2) is 11.5 Å². The van der Waals surface area contributed by atoms with E-state index in [1.807, 2.05) is 18.3 Å². The second-order valence-corrected chi connectivity index (χ2v) is 4.53. The molecule has 0 aliphatic carbocycles. The molecule has 0 saturated heterocycles. The van der Waals surface area contributed by atoms with Gasteiger partial charge in [-0.2, -0.15) is 8.42 Å². The molecule has 8 heteroatoms. The van der Waals surface area contributed by atoms with Gasteiger partial charge in [-0.25, -0.2) is 0 Å². The number of methoxy groups -OCH3 is 2. The minimum Gasteiger partial charge on any atom is -0.493 e. The standard InChI is InChI=1S/C11H13NO2.H2O4S/c1-13-10-5-8-3-4-12-7-9(8)6-11(10)14-2;1-5(2,3)4/h5-7H,3-4H2,1-2H3;(H2,1,2,3,4). The fourth-order valence-electron chi connectivity index (χ4n) is 1.62. The van der Waals surface area contributed by atoms with Crippen molar-refractivity contribution in [2.45, 2.75) is 6.42 Å². The van der Waals surface area contributed by atoms with E-state index in [4.69, 9.17) is 27.0 Å². The minimum atomic E-state index is -4.67. The fraction of sp³-hybridized carbons (Fsp3) is 0.364. The molecule has 2 N–H and O–H groups in total. The number of hydrogen-bond acceptors (Lipinski definition) is 5. The fourth-order valence-corrected chi connectivity index (χ4v) is 1.62. The quantitative estimate of drug-likeness (QED) is 0.788. The summed E-state index contributed by atoms with van der Waals surface area (Å²) in [6.07, 6.45) is 2.87. The molecule has 0 atom stereocenters. The average molecular weight is 289 g/mol. The van der Waals surface area contributed by atoms with Crippen LogP contribution < -0.4 is 9.47 Å². The Morgan fingerprint density at radius 1 is 1.16 bits per heavy atom. The van der Waals surface area contributed by atoms with Gasteiger partial charge in [0.25, 0.3) is 0 Å². The average Bonchev–Trinajstić information content (AvgIpc) is 2.35. The molecule has 2 rings (SSSR count). The van der Waals surface area contributed by atoms with Crippen LogP contribution in [0.3, 0.4) is 0 Å². The predicted octanol–water partition coefficient (Wildman–Crippen LogP) is 1.03. The minimum absolute atomic E-state index is 0.764. The van der Waals surface area contributed by atoms with Crippen LogP contribution in [0.2, 0.25) is 0 Å². The smallest absolute Gasteiger partial charge is 0.394 e. The molecule has 0 radical (unpaired) electrons. The highest BCUT2D eigenvalue weighted by atomic mass is 32.3. The summed E-state index contributed by atoms with van der Waals surface area (Å²) >= 11 is 0. The molecule has 19 heavy (non-hydrogen) atoms. The summed E-state index contributed by atoms with van der Waals surface area (Å²) in [7, 11) is -1.37. The van der Waals surface area contributed by atoms with Gasteiger partial charge in [0.1, 0.15) is 0 Å². The van der Waals surface area contributed by atoms with E-state index >= 15 is 0 Å². The molecule has 1 aliphatic rings. The molecule has 0 bridgehead atoms. The van der Waals surface area contributed by atoms with Crippen molar-refractivity contribution in [2.24, 2.45) is 4.99 Å². The maximum Gasteiger partial charge on any atom is 0.394 e. The van der Waals surface area contributed by atoms with E-state index in [2.05, 4.69) is 4.99 Å². The highest BCUT2D eigenvalue weighted by Gasteiger charge is 2.11. The van der Waals surface area contributed by atoms with Gasteiger partial charge in [0.05, 0.1) is 14.2 Å². The van der Waals surface area contributed by atoms with Crippen molar-refractivity contribution in [3.05, 3.63) is 23.3 Å². The molecular formula is C11H15NO6S. The molecule has 106 valence electrons. The van der Waals surface area contributed by atoms with Crippen LogP contribution in [0.15, 0.2) is 17.1 Å². The Labute approximate surface area is 111 Å². The van der Waals surface area contributed by atoms with Gasteiger partial charge in [0.2, 0.25) is 0 Å². The van der Waals surface area contributed by atoms with Crippen LogP contribution in [-0.4, -0.2) is 44.5 Å². The Kier molecular flexibility index (Phi) is 5.28. The third-order valence-electron chi connectivity index (χ3n) is 2.39. The summed E-state index contributed by atoms with van der Waals surface area (Å²) in [5.74, 6) is 1.56. The zero-order valence-electron chi connectivity index (χ0n) is 10.5. The number of rotatable bonds is 2. The van der Waals surface area contributed by atoms with Crippen molar-refractivity contribution in [1.82, 2.24) is 0 Å². The summed E-state index contributed by atoms with van der Waals surface area (Å²) < 4.78 is 42.0. The SMILES string of the molecule is COc1cc2c(cc1OC)CCN=C2.O=S(=O)(O)O. The van der Waals surface area contributed by atoms with E-state index in [0.717, 1.165) is 30.0 Å². The molecule has 1 aliphatic heterocycles. The molecule has 1 aromatic rings. The topological polar surface area (TPSA) is 105 Å². The summed E-state index contributed by atoms with van der Waals surface area (Å²) in [5, 5.41) is 0. The Hall–Kier alpha value is -1.64. The highest BCUT2D eigenvalue weighted by Crippen LogP contribution is 2.30. The first kappa shape index (κ1) is 15.4. The van der Waals surface area contributed by atoms with Crippen LogP contribution in [0.25, 0.3) is 0 Å². The third-order valence-corrected chi connectivity index (χ3v) is 2.39. The van der Waals surface area contributed by atoms with Crippen molar-refractivity contribution in [3.8, 4) is 11.5 Å². The van der Waals surface area contributed by atoms with Crippen molar-refractivity contribution in [3.63, 3.8) is 0 Å². The van der Waals surface area contributed by atoms with E-state index < -0.39 is 10.4 Å². The molecule has 0 aromatic heterocycles. The number of ether oxygens (including phenoxy) is 2. The van der Waals surface area contributed by atoms with Crippen LogP contribution in [0.4, 0.5) is 0 Å².